The van der Waals surface area contributed by atoms with Gasteiger partial charge in [0.2, 0.25) is 0 Å². The van der Waals surface area contributed by atoms with Crippen LogP contribution < -0.4 is 5.32 Å². The van der Waals surface area contributed by atoms with Gasteiger partial charge in [-0.3, -0.25) is 4.98 Å². The largest absolute Gasteiger partial charge is 0.305 e. The molecule has 2 aromatic rings. The van der Waals surface area contributed by atoms with Crippen LogP contribution in [0.5, 0.6) is 0 Å². The first-order chi connectivity index (χ1) is 8.66. The summed E-state index contributed by atoms with van der Waals surface area (Å²) in [6, 6.07) is 11.5. The molecule has 0 bridgehead atoms. The third-order valence-electron chi connectivity index (χ3n) is 2.74. The van der Waals surface area contributed by atoms with E-state index < -0.39 is 0 Å². The Kier molecular flexibility index (Phi) is 4.59. The smallest absolute Gasteiger partial charge is 0.0541 e. The molecule has 0 radical (unpaired) electrons. The van der Waals surface area contributed by atoms with E-state index in [1.165, 1.54) is 0 Å². The van der Waals surface area contributed by atoms with Crippen molar-refractivity contribution in [2.24, 2.45) is 0 Å². The summed E-state index contributed by atoms with van der Waals surface area (Å²) in [6.07, 6.45) is 1.79. The Hall–Kier alpha value is -1.09. The van der Waals surface area contributed by atoms with Crippen LogP contribution in [0, 0.1) is 0 Å². The molecule has 94 valence electrons. The van der Waals surface area contributed by atoms with Crippen LogP contribution in [0.15, 0.2) is 42.6 Å². The van der Waals surface area contributed by atoms with E-state index in [9.17, 15) is 0 Å². The maximum Gasteiger partial charge on any atom is 0.0541 e. The molecule has 0 saturated carbocycles. The second-order valence-electron chi connectivity index (χ2n) is 4.09. The lowest BCUT2D eigenvalue weighted by atomic mass is 10.1. The predicted molar refractivity (Wildman–Crippen MR) is 76.0 cm³/mol. The van der Waals surface area contributed by atoms with Crippen LogP contribution in [0.3, 0.4) is 0 Å². The monoisotopic (exact) mass is 280 g/mol. The highest BCUT2D eigenvalue weighted by molar-refractivity contribution is 6.33. The van der Waals surface area contributed by atoms with Gasteiger partial charge in [-0.05, 0) is 42.8 Å². The first-order valence-corrected chi connectivity index (χ1v) is 6.50. The van der Waals surface area contributed by atoms with Gasteiger partial charge in [0, 0.05) is 28.8 Å². The topological polar surface area (TPSA) is 24.9 Å². The Morgan fingerprint density at radius 2 is 2.06 bits per heavy atom. The predicted octanol–water partition coefficient (Wildman–Crippen LogP) is 4.24. The van der Waals surface area contributed by atoms with E-state index >= 15 is 0 Å². The quantitative estimate of drug-likeness (QED) is 0.906. The van der Waals surface area contributed by atoms with Crippen molar-refractivity contribution in [1.29, 1.82) is 0 Å². The zero-order valence-electron chi connectivity index (χ0n) is 10.0. The SMILES string of the molecule is CC(NCc1ccccn1)c1cc(Cl)ccc1Cl. The molecule has 4 heteroatoms. The summed E-state index contributed by atoms with van der Waals surface area (Å²) in [7, 11) is 0. The van der Waals surface area contributed by atoms with Crippen molar-refractivity contribution in [2.45, 2.75) is 19.5 Å². The summed E-state index contributed by atoms with van der Waals surface area (Å²) in [5, 5.41) is 4.80. The standard InChI is InChI=1S/C14H14Cl2N2/c1-10(13-8-11(15)5-6-14(13)16)18-9-12-4-2-3-7-17-12/h2-8,10,18H,9H2,1H3. The molecule has 1 atom stereocenters. The van der Waals surface area contributed by atoms with Crippen molar-refractivity contribution in [2.75, 3.05) is 0 Å². The molecule has 0 amide bonds. The van der Waals surface area contributed by atoms with Crippen LogP contribution in [0.2, 0.25) is 10.0 Å². The molecule has 1 unspecified atom stereocenters. The number of aromatic nitrogens is 1. The molecule has 0 spiro atoms. The third kappa shape index (κ3) is 3.45. The van der Waals surface area contributed by atoms with Crippen LogP contribution in [-0.4, -0.2) is 4.98 Å². The maximum absolute atomic E-state index is 6.16. The highest BCUT2D eigenvalue weighted by atomic mass is 35.5. The molecular formula is C14H14Cl2N2. The van der Waals surface area contributed by atoms with Gasteiger partial charge < -0.3 is 5.32 Å². The lowest BCUT2D eigenvalue weighted by Crippen LogP contribution is -2.19. The fourth-order valence-electron chi connectivity index (χ4n) is 1.72. The van der Waals surface area contributed by atoms with Crippen molar-refractivity contribution in [3.8, 4) is 0 Å². The van der Waals surface area contributed by atoms with Gasteiger partial charge in [0.05, 0.1) is 5.69 Å². The number of halogens is 2. The zero-order chi connectivity index (χ0) is 13.0. The fourth-order valence-corrected chi connectivity index (χ4v) is 2.18. The fraction of sp³-hybridized carbons (Fsp3) is 0.214. The normalized spacial score (nSPS) is 12.4. The minimum absolute atomic E-state index is 0.123. The molecular weight excluding hydrogens is 267 g/mol. The second kappa shape index (κ2) is 6.19. The molecule has 2 nitrogen and oxygen atoms in total. The van der Waals surface area contributed by atoms with Gasteiger partial charge in [-0.15, -0.1) is 0 Å². The Balaban J connectivity index is 2.03. The van der Waals surface area contributed by atoms with Crippen molar-refractivity contribution in [3.05, 3.63) is 63.9 Å². The van der Waals surface area contributed by atoms with Gasteiger partial charge >= 0.3 is 0 Å². The summed E-state index contributed by atoms with van der Waals surface area (Å²) in [5.41, 5.74) is 2.00. The van der Waals surface area contributed by atoms with Crippen LogP contribution in [0.1, 0.15) is 24.2 Å². The van der Waals surface area contributed by atoms with E-state index in [4.69, 9.17) is 23.2 Å². The first-order valence-electron chi connectivity index (χ1n) is 5.75. The Morgan fingerprint density at radius 1 is 1.22 bits per heavy atom. The Labute approximate surface area is 117 Å². The van der Waals surface area contributed by atoms with Crippen LogP contribution in [-0.2, 0) is 6.54 Å². The highest BCUT2D eigenvalue weighted by Gasteiger charge is 2.09. The van der Waals surface area contributed by atoms with Crippen LogP contribution in [0.25, 0.3) is 0 Å². The molecule has 1 aromatic heterocycles. The molecule has 0 aliphatic rings. The minimum atomic E-state index is 0.123. The number of nitrogens with one attached hydrogen (secondary N) is 1. The van der Waals surface area contributed by atoms with E-state index in [0.29, 0.717) is 11.6 Å². The molecule has 1 heterocycles. The first kappa shape index (κ1) is 13.3. The highest BCUT2D eigenvalue weighted by Crippen LogP contribution is 2.26. The third-order valence-corrected chi connectivity index (χ3v) is 3.32. The van der Waals surface area contributed by atoms with Gasteiger partial charge in [0.15, 0.2) is 0 Å². The summed E-state index contributed by atoms with van der Waals surface area (Å²) in [4.78, 5) is 4.26. The molecule has 18 heavy (non-hydrogen) atoms. The number of rotatable bonds is 4. The molecule has 1 N–H and O–H groups in total. The van der Waals surface area contributed by atoms with E-state index in [1.807, 2.05) is 30.3 Å². The molecule has 0 aliphatic heterocycles. The van der Waals surface area contributed by atoms with Crippen LogP contribution >= 0.6 is 23.2 Å². The zero-order valence-corrected chi connectivity index (χ0v) is 11.5. The summed E-state index contributed by atoms with van der Waals surface area (Å²) < 4.78 is 0. The molecule has 1 aromatic carbocycles. The number of benzene rings is 1. The van der Waals surface area contributed by atoms with Crippen molar-refractivity contribution in [3.63, 3.8) is 0 Å². The average Bonchev–Trinajstić information content (AvgIpc) is 2.40. The van der Waals surface area contributed by atoms with Crippen molar-refractivity contribution in [1.82, 2.24) is 10.3 Å². The van der Waals surface area contributed by atoms with Crippen molar-refractivity contribution < 1.29 is 0 Å². The van der Waals surface area contributed by atoms with E-state index in [-0.39, 0.29) is 6.04 Å². The van der Waals surface area contributed by atoms with E-state index in [0.717, 1.165) is 16.3 Å². The number of nitrogens with zero attached hydrogens (tertiary/aromatic N) is 1. The van der Waals surface area contributed by atoms with Gasteiger partial charge in [-0.2, -0.15) is 0 Å². The molecule has 0 fully saturated rings. The van der Waals surface area contributed by atoms with Gasteiger partial charge in [-0.1, -0.05) is 29.3 Å². The van der Waals surface area contributed by atoms with Crippen molar-refractivity contribution >= 4 is 23.2 Å². The summed E-state index contributed by atoms with van der Waals surface area (Å²) >= 11 is 12.1. The lowest BCUT2D eigenvalue weighted by molar-refractivity contribution is 0.568. The van der Waals surface area contributed by atoms with Crippen LogP contribution in [0.4, 0.5) is 0 Å². The summed E-state index contributed by atoms with van der Waals surface area (Å²) in [5.74, 6) is 0. The Morgan fingerprint density at radius 3 is 2.78 bits per heavy atom. The number of pyridine rings is 1. The number of hydrogen-bond donors (Lipinski definition) is 1. The summed E-state index contributed by atoms with van der Waals surface area (Å²) in [6.45, 7) is 2.76. The molecule has 2 rings (SSSR count). The molecule has 0 aliphatic carbocycles. The maximum atomic E-state index is 6.16. The Bertz CT molecular complexity index is 514. The number of hydrogen-bond acceptors (Lipinski definition) is 2. The minimum Gasteiger partial charge on any atom is -0.305 e. The van der Waals surface area contributed by atoms with E-state index in [2.05, 4.69) is 17.2 Å². The molecule has 0 saturated heterocycles. The van der Waals surface area contributed by atoms with Gasteiger partial charge in [0.25, 0.3) is 0 Å². The second-order valence-corrected chi connectivity index (χ2v) is 4.93. The van der Waals surface area contributed by atoms with Gasteiger partial charge in [-0.25, -0.2) is 0 Å². The lowest BCUT2D eigenvalue weighted by Gasteiger charge is -2.15. The van der Waals surface area contributed by atoms with Gasteiger partial charge in [0.1, 0.15) is 0 Å². The van der Waals surface area contributed by atoms with E-state index in [1.54, 1.807) is 12.3 Å². The average molecular weight is 281 g/mol.